The van der Waals surface area contributed by atoms with Crippen LogP contribution in [-0.4, -0.2) is 54.5 Å². The second kappa shape index (κ2) is 7.59. The second-order valence-corrected chi connectivity index (χ2v) is 7.09. The Hall–Kier alpha value is -0.610. The molecule has 1 saturated carbocycles. The molecule has 1 aliphatic heterocycles. The Morgan fingerprint density at radius 1 is 1.29 bits per heavy atom. The van der Waals surface area contributed by atoms with Gasteiger partial charge in [-0.2, -0.15) is 0 Å². The normalized spacial score (nSPS) is 30.1. The molecule has 2 fully saturated rings. The zero-order chi connectivity index (χ0) is 15.4. The average molecular weight is 295 g/mol. The van der Waals surface area contributed by atoms with E-state index in [2.05, 4.69) is 18.7 Å². The predicted molar refractivity (Wildman–Crippen MR) is 87.0 cm³/mol. The highest BCUT2D eigenvalue weighted by Gasteiger charge is 2.33. The first-order chi connectivity index (χ1) is 10.0. The maximum atomic E-state index is 12.8. The summed E-state index contributed by atoms with van der Waals surface area (Å²) in [5.41, 5.74) is 6.08. The van der Waals surface area contributed by atoms with Crippen LogP contribution in [0.3, 0.4) is 0 Å². The van der Waals surface area contributed by atoms with Gasteiger partial charge in [0.05, 0.1) is 0 Å². The Bertz CT molecular complexity index is 339. The van der Waals surface area contributed by atoms with Crippen LogP contribution in [0.1, 0.15) is 52.4 Å². The standard InChI is InChI=1S/C17H33N3O/c1-4-20-10-8-16(9-11-20)19(3)17(21)13(2)14-6-5-7-15(18)12-14/h13-16H,4-12,18H2,1-3H3. The molecule has 0 aromatic rings. The van der Waals surface area contributed by atoms with Gasteiger partial charge in [-0.1, -0.05) is 20.3 Å². The number of likely N-dealkylation sites (tertiary alicyclic amines) is 1. The van der Waals surface area contributed by atoms with Crippen LogP contribution >= 0.6 is 0 Å². The summed E-state index contributed by atoms with van der Waals surface area (Å²) in [6, 6.07) is 0.733. The highest BCUT2D eigenvalue weighted by atomic mass is 16.2. The molecule has 0 radical (unpaired) electrons. The van der Waals surface area contributed by atoms with E-state index in [4.69, 9.17) is 5.73 Å². The van der Waals surface area contributed by atoms with Crippen molar-refractivity contribution in [3.05, 3.63) is 0 Å². The molecule has 21 heavy (non-hydrogen) atoms. The Labute approximate surface area is 130 Å². The lowest BCUT2D eigenvalue weighted by Gasteiger charge is -2.39. The number of hydrogen-bond donors (Lipinski definition) is 1. The highest BCUT2D eigenvalue weighted by Crippen LogP contribution is 2.31. The Morgan fingerprint density at radius 2 is 1.95 bits per heavy atom. The summed E-state index contributed by atoms with van der Waals surface area (Å²) >= 11 is 0. The molecular formula is C17H33N3O. The zero-order valence-corrected chi connectivity index (χ0v) is 14.1. The molecule has 2 rings (SSSR count). The van der Waals surface area contributed by atoms with Crippen LogP contribution in [0.25, 0.3) is 0 Å². The van der Waals surface area contributed by atoms with E-state index in [-0.39, 0.29) is 5.92 Å². The molecule has 0 spiro atoms. The van der Waals surface area contributed by atoms with Crippen LogP contribution in [0.4, 0.5) is 0 Å². The highest BCUT2D eigenvalue weighted by molar-refractivity contribution is 5.78. The molecule has 0 aromatic carbocycles. The predicted octanol–water partition coefficient (Wildman–Crippen LogP) is 2.08. The van der Waals surface area contributed by atoms with E-state index < -0.39 is 0 Å². The molecule has 3 unspecified atom stereocenters. The topological polar surface area (TPSA) is 49.6 Å². The van der Waals surface area contributed by atoms with Crippen LogP contribution in [-0.2, 0) is 4.79 Å². The Balaban J connectivity index is 1.86. The van der Waals surface area contributed by atoms with Crippen LogP contribution < -0.4 is 5.73 Å². The summed E-state index contributed by atoms with van der Waals surface area (Å²) in [6.07, 6.45) is 6.74. The van der Waals surface area contributed by atoms with Crippen molar-refractivity contribution in [2.45, 2.75) is 64.5 Å². The number of hydrogen-bond acceptors (Lipinski definition) is 3. The molecule has 0 bridgehead atoms. The fourth-order valence-electron chi connectivity index (χ4n) is 4.05. The maximum Gasteiger partial charge on any atom is 0.225 e. The van der Waals surface area contributed by atoms with E-state index in [1.807, 2.05) is 11.9 Å². The van der Waals surface area contributed by atoms with Crippen molar-refractivity contribution < 1.29 is 4.79 Å². The molecule has 2 aliphatic rings. The van der Waals surface area contributed by atoms with E-state index in [9.17, 15) is 4.79 Å². The molecule has 1 amide bonds. The lowest BCUT2D eigenvalue weighted by Crippen LogP contribution is -2.48. The third-order valence-corrected chi connectivity index (χ3v) is 5.75. The molecule has 1 saturated heterocycles. The summed E-state index contributed by atoms with van der Waals surface area (Å²) in [7, 11) is 2.01. The molecule has 1 heterocycles. The van der Waals surface area contributed by atoms with E-state index in [1.54, 1.807) is 0 Å². The number of amides is 1. The van der Waals surface area contributed by atoms with Crippen molar-refractivity contribution in [2.75, 3.05) is 26.7 Å². The van der Waals surface area contributed by atoms with Crippen LogP contribution in [0, 0.1) is 11.8 Å². The second-order valence-electron chi connectivity index (χ2n) is 7.09. The summed E-state index contributed by atoms with van der Waals surface area (Å²) in [5, 5.41) is 0. The molecule has 122 valence electrons. The molecule has 2 N–H and O–H groups in total. The molecule has 0 aromatic heterocycles. The molecule has 1 aliphatic carbocycles. The van der Waals surface area contributed by atoms with Crippen molar-refractivity contribution in [1.82, 2.24) is 9.80 Å². The van der Waals surface area contributed by atoms with E-state index >= 15 is 0 Å². The van der Waals surface area contributed by atoms with Gasteiger partial charge in [-0.3, -0.25) is 4.79 Å². The number of piperidine rings is 1. The van der Waals surface area contributed by atoms with Gasteiger partial charge in [0.1, 0.15) is 0 Å². The fraction of sp³-hybridized carbons (Fsp3) is 0.941. The first-order valence-corrected chi connectivity index (χ1v) is 8.77. The minimum absolute atomic E-state index is 0.130. The fourth-order valence-corrected chi connectivity index (χ4v) is 4.05. The van der Waals surface area contributed by atoms with Gasteiger partial charge < -0.3 is 15.5 Å². The smallest absolute Gasteiger partial charge is 0.225 e. The largest absolute Gasteiger partial charge is 0.342 e. The Kier molecular flexibility index (Phi) is 6.06. The van der Waals surface area contributed by atoms with Crippen molar-refractivity contribution in [3.63, 3.8) is 0 Å². The number of carbonyl (C=O) groups excluding carboxylic acids is 1. The van der Waals surface area contributed by atoms with Gasteiger partial charge in [0, 0.05) is 38.1 Å². The van der Waals surface area contributed by atoms with Crippen LogP contribution in [0.5, 0.6) is 0 Å². The summed E-state index contributed by atoms with van der Waals surface area (Å²) < 4.78 is 0. The summed E-state index contributed by atoms with van der Waals surface area (Å²) in [6.45, 7) is 7.70. The minimum atomic E-state index is 0.130. The van der Waals surface area contributed by atoms with E-state index in [1.165, 1.54) is 12.8 Å². The van der Waals surface area contributed by atoms with Gasteiger partial charge in [0.2, 0.25) is 5.91 Å². The lowest BCUT2D eigenvalue weighted by molar-refractivity contribution is -0.138. The molecule has 4 heteroatoms. The Morgan fingerprint density at radius 3 is 2.52 bits per heavy atom. The zero-order valence-electron chi connectivity index (χ0n) is 14.1. The van der Waals surface area contributed by atoms with Crippen molar-refractivity contribution in [3.8, 4) is 0 Å². The quantitative estimate of drug-likeness (QED) is 0.864. The van der Waals surface area contributed by atoms with Crippen molar-refractivity contribution >= 4 is 5.91 Å². The molecular weight excluding hydrogens is 262 g/mol. The van der Waals surface area contributed by atoms with Gasteiger partial charge in [-0.15, -0.1) is 0 Å². The van der Waals surface area contributed by atoms with Crippen LogP contribution in [0.15, 0.2) is 0 Å². The van der Waals surface area contributed by atoms with Crippen LogP contribution in [0.2, 0.25) is 0 Å². The van der Waals surface area contributed by atoms with Gasteiger partial charge in [0.25, 0.3) is 0 Å². The van der Waals surface area contributed by atoms with Gasteiger partial charge in [-0.25, -0.2) is 0 Å². The number of carbonyl (C=O) groups is 1. The third kappa shape index (κ3) is 4.19. The first kappa shape index (κ1) is 16.8. The lowest BCUT2D eigenvalue weighted by atomic mass is 9.78. The van der Waals surface area contributed by atoms with E-state index in [0.29, 0.717) is 23.9 Å². The van der Waals surface area contributed by atoms with Crippen molar-refractivity contribution in [2.24, 2.45) is 17.6 Å². The number of rotatable bonds is 4. The minimum Gasteiger partial charge on any atom is -0.342 e. The van der Waals surface area contributed by atoms with Gasteiger partial charge in [-0.05, 0) is 44.6 Å². The SMILES string of the molecule is CCN1CCC(N(C)C(=O)C(C)C2CCCC(N)C2)CC1. The average Bonchev–Trinajstić information content (AvgIpc) is 2.53. The summed E-state index contributed by atoms with van der Waals surface area (Å²) in [5.74, 6) is 0.953. The summed E-state index contributed by atoms with van der Waals surface area (Å²) in [4.78, 5) is 17.3. The third-order valence-electron chi connectivity index (χ3n) is 5.75. The first-order valence-electron chi connectivity index (χ1n) is 8.77. The maximum absolute atomic E-state index is 12.8. The van der Waals surface area contributed by atoms with Gasteiger partial charge in [0.15, 0.2) is 0 Å². The van der Waals surface area contributed by atoms with Crippen molar-refractivity contribution in [1.29, 1.82) is 0 Å². The number of nitrogens with two attached hydrogens (primary N) is 1. The molecule has 3 atom stereocenters. The monoisotopic (exact) mass is 295 g/mol. The number of nitrogens with zero attached hydrogens (tertiary/aromatic N) is 2. The van der Waals surface area contributed by atoms with E-state index in [0.717, 1.165) is 45.3 Å². The van der Waals surface area contributed by atoms with Gasteiger partial charge >= 0.3 is 0 Å². The molecule has 4 nitrogen and oxygen atoms in total.